The van der Waals surface area contributed by atoms with Crippen molar-refractivity contribution in [3.05, 3.63) is 18.0 Å². The van der Waals surface area contributed by atoms with Gasteiger partial charge >= 0.3 is 6.18 Å². The van der Waals surface area contributed by atoms with Crippen molar-refractivity contribution in [3.8, 4) is 0 Å². The first-order chi connectivity index (χ1) is 5.05. The number of aromatic nitrogens is 2. The summed E-state index contributed by atoms with van der Waals surface area (Å²) in [4.78, 5) is 0. The van der Waals surface area contributed by atoms with Crippen LogP contribution in [0.4, 0.5) is 13.2 Å². The Morgan fingerprint density at radius 2 is 2.18 bits per heavy atom. The largest absolute Gasteiger partial charge is 0.434 e. The molecule has 0 saturated heterocycles. The molecule has 0 radical (unpaired) electrons. The monoisotopic (exact) mass is 183 g/mol. The number of rotatable bonds is 1. The predicted molar refractivity (Wildman–Crippen MR) is 34.4 cm³/mol. The van der Waals surface area contributed by atoms with Gasteiger partial charge in [-0.3, -0.25) is 5.14 Å². The van der Waals surface area contributed by atoms with Crippen molar-refractivity contribution in [2.45, 2.75) is 6.18 Å². The van der Waals surface area contributed by atoms with Crippen LogP contribution in [0, 0.1) is 0 Å². The summed E-state index contributed by atoms with van der Waals surface area (Å²) in [5.74, 6) is 0. The summed E-state index contributed by atoms with van der Waals surface area (Å²) < 4.78 is 36.4. The van der Waals surface area contributed by atoms with Crippen molar-refractivity contribution in [2.24, 2.45) is 5.14 Å². The second-order valence-electron chi connectivity index (χ2n) is 1.69. The summed E-state index contributed by atoms with van der Waals surface area (Å²) in [6.07, 6.45) is -3.34. The van der Waals surface area contributed by atoms with Crippen LogP contribution in [0.3, 0.4) is 0 Å². The zero-order valence-electron chi connectivity index (χ0n) is 5.17. The van der Waals surface area contributed by atoms with Crippen molar-refractivity contribution in [3.63, 3.8) is 0 Å². The highest BCUT2D eigenvalue weighted by Gasteiger charge is 2.34. The Morgan fingerprint density at radius 3 is 2.55 bits per heavy atom. The maximum Gasteiger partial charge on any atom is 0.434 e. The fraction of sp³-hybridized carbons (Fsp3) is 0.250. The van der Waals surface area contributed by atoms with Crippen LogP contribution in [0.1, 0.15) is 5.69 Å². The van der Waals surface area contributed by atoms with Gasteiger partial charge in [-0.15, -0.1) is 0 Å². The van der Waals surface area contributed by atoms with E-state index in [1.54, 1.807) is 0 Å². The second-order valence-corrected chi connectivity index (χ2v) is 2.25. The molecule has 0 amide bonds. The van der Waals surface area contributed by atoms with Crippen LogP contribution in [0.2, 0.25) is 0 Å². The van der Waals surface area contributed by atoms with Crippen molar-refractivity contribution in [1.82, 2.24) is 9.19 Å². The van der Waals surface area contributed by atoms with Crippen molar-refractivity contribution >= 4 is 12.1 Å². The van der Waals surface area contributed by atoms with Crippen LogP contribution < -0.4 is 5.14 Å². The molecule has 0 saturated carbocycles. The number of nitrogens with two attached hydrogens (primary N) is 1. The quantitative estimate of drug-likeness (QED) is 0.667. The number of hydrogen-bond donors (Lipinski definition) is 1. The van der Waals surface area contributed by atoms with Gasteiger partial charge in [-0.25, -0.2) is 0 Å². The lowest BCUT2D eigenvalue weighted by Crippen LogP contribution is -2.11. The van der Waals surface area contributed by atoms with E-state index in [2.05, 4.69) is 5.10 Å². The molecular weight excluding hydrogens is 179 g/mol. The van der Waals surface area contributed by atoms with Gasteiger partial charge in [-0.1, -0.05) is 0 Å². The Morgan fingerprint density at radius 1 is 1.55 bits per heavy atom. The Balaban J connectivity index is 3.02. The Bertz CT molecular complexity index is 243. The van der Waals surface area contributed by atoms with Gasteiger partial charge in [-0.05, 0) is 6.07 Å². The molecule has 3 nitrogen and oxygen atoms in total. The van der Waals surface area contributed by atoms with Crippen molar-refractivity contribution in [2.75, 3.05) is 0 Å². The lowest BCUT2D eigenvalue weighted by molar-refractivity contribution is -0.141. The van der Waals surface area contributed by atoms with E-state index in [9.17, 15) is 13.2 Å². The van der Waals surface area contributed by atoms with Crippen LogP contribution >= 0.6 is 12.1 Å². The van der Waals surface area contributed by atoms with E-state index in [4.69, 9.17) is 5.14 Å². The van der Waals surface area contributed by atoms with Gasteiger partial charge in [-0.2, -0.15) is 22.4 Å². The standard InChI is InChI=1S/C4H4F3N3S/c5-4(6,7)3-1-2-9-10(3)11-8/h1-2H,8H2. The zero-order valence-corrected chi connectivity index (χ0v) is 5.99. The molecule has 0 bridgehead atoms. The van der Waals surface area contributed by atoms with Crippen LogP contribution in [-0.2, 0) is 6.18 Å². The lowest BCUT2D eigenvalue weighted by Gasteiger charge is -2.05. The third-order valence-corrected chi connectivity index (χ3v) is 1.49. The number of hydrogen-bond acceptors (Lipinski definition) is 3. The van der Waals surface area contributed by atoms with E-state index < -0.39 is 11.9 Å². The maximum absolute atomic E-state index is 11.9. The molecule has 1 aromatic heterocycles. The number of nitrogens with zero attached hydrogens (tertiary/aromatic N) is 2. The molecule has 11 heavy (non-hydrogen) atoms. The molecule has 0 atom stereocenters. The van der Waals surface area contributed by atoms with Crippen LogP contribution in [-0.4, -0.2) is 9.19 Å². The predicted octanol–water partition coefficient (Wildman–Crippen LogP) is 1.27. The summed E-state index contributed by atoms with van der Waals surface area (Å²) in [5, 5.41) is 8.24. The summed E-state index contributed by atoms with van der Waals surface area (Å²) >= 11 is 0.415. The highest BCUT2D eigenvalue weighted by atomic mass is 32.2. The maximum atomic E-state index is 11.9. The summed E-state index contributed by atoms with van der Waals surface area (Å²) in [6, 6.07) is 0.861. The molecule has 7 heteroatoms. The average Bonchev–Trinajstić information content (AvgIpc) is 2.31. The second kappa shape index (κ2) is 2.74. The van der Waals surface area contributed by atoms with Crippen LogP contribution in [0.25, 0.3) is 0 Å². The molecule has 0 spiro atoms. The fourth-order valence-electron chi connectivity index (χ4n) is 0.577. The first-order valence-corrected chi connectivity index (χ1v) is 3.38. The molecular formula is C4H4F3N3S. The molecule has 1 heterocycles. The summed E-state index contributed by atoms with van der Waals surface area (Å²) in [6.45, 7) is 0. The molecule has 62 valence electrons. The summed E-state index contributed by atoms with van der Waals surface area (Å²) in [7, 11) is 0. The third-order valence-electron chi connectivity index (χ3n) is 1.00. The van der Waals surface area contributed by atoms with E-state index >= 15 is 0 Å². The Kier molecular flexibility index (Phi) is 2.10. The minimum atomic E-state index is -4.39. The van der Waals surface area contributed by atoms with Gasteiger partial charge < -0.3 is 0 Å². The van der Waals surface area contributed by atoms with Gasteiger partial charge in [0.05, 0.1) is 18.3 Å². The molecule has 0 aromatic carbocycles. The van der Waals surface area contributed by atoms with Gasteiger partial charge in [0.25, 0.3) is 0 Å². The van der Waals surface area contributed by atoms with Crippen LogP contribution in [0.15, 0.2) is 12.3 Å². The highest BCUT2D eigenvalue weighted by molar-refractivity contribution is 7.95. The van der Waals surface area contributed by atoms with E-state index in [0.29, 0.717) is 16.2 Å². The SMILES string of the molecule is NSn1nccc1C(F)(F)F. The topological polar surface area (TPSA) is 43.8 Å². The van der Waals surface area contributed by atoms with E-state index in [0.717, 1.165) is 12.3 Å². The van der Waals surface area contributed by atoms with E-state index in [-0.39, 0.29) is 0 Å². The lowest BCUT2D eigenvalue weighted by atomic mass is 10.4. The minimum absolute atomic E-state index is 0.415. The van der Waals surface area contributed by atoms with Gasteiger partial charge in [0, 0.05) is 0 Å². The first-order valence-electron chi connectivity index (χ1n) is 2.54. The molecule has 0 aliphatic carbocycles. The smallest absolute Gasteiger partial charge is 0.258 e. The molecule has 0 aliphatic heterocycles. The zero-order chi connectivity index (χ0) is 8.48. The molecule has 2 N–H and O–H groups in total. The minimum Gasteiger partial charge on any atom is -0.258 e. The van der Waals surface area contributed by atoms with E-state index in [1.165, 1.54) is 0 Å². The van der Waals surface area contributed by atoms with Gasteiger partial charge in [0.1, 0.15) is 0 Å². The Labute approximate surface area is 64.6 Å². The summed E-state index contributed by atoms with van der Waals surface area (Å²) in [5.41, 5.74) is -0.856. The first kappa shape index (κ1) is 8.41. The molecule has 1 rings (SSSR count). The normalized spacial score (nSPS) is 12.0. The van der Waals surface area contributed by atoms with Gasteiger partial charge in [0.2, 0.25) is 0 Å². The van der Waals surface area contributed by atoms with Gasteiger partial charge in [0.15, 0.2) is 5.69 Å². The van der Waals surface area contributed by atoms with Crippen LogP contribution in [0.5, 0.6) is 0 Å². The number of halogens is 3. The number of alkyl halides is 3. The van der Waals surface area contributed by atoms with Crippen molar-refractivity contribution in [1.29, 1.82) is 0 Å². The molecule has 0 fully saturated rings. The Hall–Kier alpha value is -0.690. The third kappa shape index (κ3) is 1.66. The van der Waals surface area contributed by atoms with E-state index in [1.807, 2.05) is 0 Å². The molecule has 0 unspecified atom stereocenters. The average molecular weight is 183 g/mol. The van der Waals surface area contributed by atoms with Crippen molar-refractivity contribution < 1.29 is 13.2 Å². The molecule has 1 aromatic rings. The fourth-order valence-corrected chi connectivity index (χ4v) is 0.964. The highest BCUT2D eigenvalue weighted by Crippen LogP contribution is 2.29. The molecule has 0 aliphatic rings.